The highest BCUT2D eigenvalue weighted by molar-refractivity contribution is 5.96. The molecule has 0 N–H and O–H groups in total. The number of morpholine rings is 1. The summed E-state index contributed by atoms with van der Waals surface area (Å²) in [5.74, 6) is 1.05. The van der Waals surface area contributed by atoms with Crippen molar-refractivity contribution in [1.82, 2.24) is 14.5 Å². The molecule has 1 fully saturated rings. The number of hydrogen-bond acceptors (Lipinski definition) is 4. The average molecular weight is 341 g/mol. The van der Waals surface area contributed by atoms with Gasteiger partial charge >= 0.3 is 0 Å². The summed E-state index contributed by atoms with van der Waals surface area (Å²) in [5.41, 5.74) is 1.80. The van der Waals surface area contributed by atoms with Crippen molar-refractivity contribution in [2.24, 2.45) is 0 Å². The molecule has 0 radical (unpaired) electrons. The molecule has 25 heavy (non-hydrogen) atoms. The van der Waals surface area contributed by atoms with E-state index in [1.54, 1.807) is 24.4 Å². The maximum atomic E-state index is 12.7. The number of amides is 1. The second-order valence-corrected chi connectivity index (χ2v) is 5.97. The van der Waals surface area contributed by atoms with Gasteiger partial charge in [-0.3, -0.25) is 4.79 Å². The molecule has 0 atom stereocenters. The van der Waals surface area contributed by atoms with Crippen molar-refractivity contribution in [3.8, 4) is 5.75 Å². The molecule has 1 aliphatic heterocycles. The number of aryl methyl sites for hydroxylation is 1. The van der Waals surface area contributed by atoms with Crippen molar-refractivity contribution in [2.45, 2.75) is 26.4 Å². The third-order valence-electron chi connectivity index (χ3n) is 4.06. The predicted molar refractivity (Wildman–Crippen MR) is 94.9 cm³/mol. The molecule has 2 aromatic rings. The van der Waals surface area contributed by atoms with Crippen LogP contribution in [0, 0.1) is 0 Å². The molecule has 1 amide bonds. The highest BCUT2D eigenvalue weighted by Gasteiger charge is 2.25. The summed E-state index contributed by atoms with van der Waals surface area (Å²) in [6.07, 6.45) is 6.46. The quantitative estimate of drug-likeness (QED) is 0.758. The van der Waals surface area contributed by atoms with Crippen LogP contribution in [0.25, 0.3) is 6.08 Å². The zero-order chi connectivity index (χ0) is 17.6. The summed E-state index contributed by atoms with van der Waals surface area (Å²) in [4.78, 5) is 18.8. The Kier molecular flexibility index (Phi) is 5.38. The number of hydrogen-bond donors (Lipinski definition) is 0. The lowest BCUT2D eigenvalue weighted by Gasteiger charge is -2.28. The molecule has 1 saturated heterocycles. The van der Waals surface area contributed by atoms with Gasteiger partial charge < -0.3 is 18.9 Å². The van der Waals surface area contributed by atoms with Crippen molar-refractivity contribution < 1.29 is 14.3 Å². The van der Waals surface area contributed by atoms with Crippen LogP contribution >= 0.6 is 0 Å². The number of imidazole rings is 1. The van der Waals surface area contributed by atoms with Crippen LogP contribution in [-0.4, -0.2) is 40.6 Å². The monoisotopic (exact) mass is 341 g/mol. The third kappa shape index (κ3) is 4.21. The van der Waals surface area contributed by atoms with Crippen molar-refractivity contribution in [3.63, 3.8) is 0 Å². The van der Waals surface area contributed by atoms with E-state index >= 15 is 0 Å². The lowest BCUT2D eigenvalue weighted by Crippen LogP contribution is -2.39. The first-order valence-electron chi connectivity index (χ1n) is 8.48. The molecule has 3 rings (SSSR count). The first-order valence-corrected chi connectivity index (χ1v) is 8.48. The molecule has 1 aromatic carbocycles. The molecule has 0 unspecified atom stereocenters. The molecule has 1 aromatic heterocycles. The van der Waals surface area contributed by atoms with Crippen LogP contribution in [0.2, 0.25) is 0 Å². The second kappa shape index (κ2) is 7.88. The maximum Gasteiger partial charge on any atom is 0.289 e. The highest BCUT2D eigenvalue weighted by atomic mass is 16.5. The van der Waals surface area contributed by atoms with E-state index in [1.165, 1.54) is 0 Å². The van der Waals surface area contributed by atoms with E-state index in [0.29, 0.717) is 25.5 Å². The molecule has 2 heterocycles. The van der Waals surface area contributed by atoms with Crippen molar-refractivity contribution in [2.75, 3.05) is 20.3 Å². The van der Waals surface area contributed by atoms with Crippen LogP contribution in [0.4, 0.5) is 0 Å². The Morgan fingerprint density at radius 2 is 2.12 bits per heavy atom. The number of ether oxygens (including phenoxy) is 2. The zero-order valence-electron chi connectivity index (χ0n) is 14.6. The van der Waals surface area contributed by atoms with Crippen molar-refractivity contribution >= 4 is 12.0 Å². The molecule has 0 aliphatic carbocycles. The van der Waals surface area contributed by atoms with Gasteiger partial charge in [-0.1, -0.05) is 19.1 Å². The number of nitrogens with zero attached hydrogens (tertiary/aromatic N) is 3. The number of benzene rings is 1. The molecule has 6 heteroatoms. The number of aromatic nitrogens is 2. The van der Waals surface area contributed by atoms with Crippen LogP contribution in [0.3, 0.4) is 0 Å². The fourth-order valence-electron chi connectivity index (χ4n) is 2.76. The molecular formula is C19H23N3O3. The van der Waals surface area contributed by atoms with E-state index in [9.17, 15) is 4.79 Å². The van der Waals surface area contributed by atoms with Gasteiger partial charge in [-0.25, -0.2) is 4.98 Å². The number of carbonyl (C=O) groups excluding carboxylic acids is 1. The van der Waals surface area contributed by atoms with E-state index < -0.39 is 0 Å². The Balaban J connectivity index is 1.70. The summed E-state index contributed by atoms with van der Waals surface area (Å²) in [7, 11) is 1.64. The van der Waals surface area contributed by atoms with Crippen LogP contribution in [0.1, 0.15) is 24.6 Å². The molecule has 132 valence electrons. The van der Waals surface area contributed by atoms with Gasteiger partial charge in [-0.2, -0.15) is 0 Å². The number of carbonyl (C=O) groups is 1. The minimum Gasteiger partial charge on any atom is -0.497 e. The maximum absolute atomic E-state index is 12.7. The fraction of sp³-hybridized carbons (Fsp3) is 0.368. The Bertz CT molecular complexity index is 750. The summed E-state index contributed by atoms with van der Waals surface area (Å²) in [6.45, 7) is 4.64. The molecule has 0 saturated carbocycles. The lowest BCUT2D eigenvalue weighted by molar-refractivity contribution is -0.136. The Labute approximate surface area is 147 Å². The highest BCUT2D eigenvalue weighted by Crippen LogP contribution is 2.18. The summed E-state index contributed by atoms with van der Waals surface area (Å²) in [5, 5.41) is 0. The van der Waals surface area contributed by atoms with Gasteiger partial charge in [0.1, 0.15) is 12.4 Å². The minimum absolute atomic E-state index is 0.105. The first kappa shape index (κ1) is 17.1. The molecule has 0 spiro atoms. The van der Waals surface area contributed by atoms with Crippen molar-refractivity contribution in [1.29, 1.82) is 0 Å². The molecule has 6 nitrogen and oxygen atoms in total. The zero-order valence-corrected chi connectivity index (χ0v) is 14.6. The summed E-state index contributed by atoms with van der Waals surface area (Å²) < 4.78 is 12.7. The van der Waals surface area contributed by atoms with Gasteiger partial charge in [0.15, 0.2) is 5.76 Å². The topological polar surface area (TPSA) is 56.6 Å². The van der Waals surface area contributed by atoms with Crippen molar-refractivity contribution in [3.05, 3.63) is 53.8 Å². The standard InChI is InChI=1S/C19H23N3O3/c1-3-8-21-13-16(20-14-21)11-18-19(23)22(9-10-25-18)12-15-4-6-17(24-2)7-5-15/h4-7,11,13-14H,3,8-10,12H2,1-2H3. The largest absolute Gasteiger partial charge is 0.497 e. The first-order chi connectivity index (χ1) is 12.2. The molecular weight excluding hydrogens is 318 g/mol. The van der Waals surface area contributed by atoms with E-state index in [4.69, 9.17) is 9.47 Å². The minimum atomic E-state index is -0.105. The Morgan fingerprint density at radius 1 is 1.32 bits per heavy atom. The van der Waals surface area contributed by atoms with Gasteiger partial charge in [0.2, 0.25) is 0 Å². The lowest BCUT2D eigenvalue weighted by atomic mass is 10.2. The van der Waals surface area contributed by atoms with E-state index in [0.717, 1.165) is 30.0 Å². The fourth-order valence-corrected chi connectivity index (χ4v) is 2.76. The summed E-state index contributed by atoms with van der Waals surface area (Å²) >= 11 is 0. The van der Waals surface area contributed by atoms with E-state index in [2.05, 4.69) is 11.9 Å². The average Bonchev–Trinajstić information content (AvgIpc) is 3.06. The SMILES string of the molecule is CCCn1cnc(C=C2OCCN(Cc3ccc(OC)cc3)C2=O)c1. The predicted octanol–water partition coefficient (Wildman–Crippen LogP) is 2.70. The Hall–Kier alpha value is -2.76. The normalized spacial score (nSPS) is 16.2. The smallest absolute Gasteiger partial charge is 0.289 e. The van der Waals surface area contributed by atoms with Crippen LogP contribution < -0.4 is 4.74 Å². The molecule has 0 bridgehead atoms. The van der Waals surface area contributed by atoms with Gasteiger partial charge in [0.25, 0.3) is 5.91 Å². The second-order valence-electron chi connectivity index (χ2n) is 5.97. The van der Waals surface area contributed by atoms with E-state index in [1.807, 2.05) is 35.0 Å². The number of rotatable bonds is 6. The van der Waals surface area contributed by atoms with Gasteiger partial charge in [0.05, 0.1) is 25.7 Å². The number of methoxy groups -OCH3 is 1. The summed E-state index contributed by atoms with van der Waals surface area (Å²) in [6, 6.07) is 7.74. The van der Waals surface area contributed by atoms with Crippen LogP contribution in [0.5, 0.6) is 5.75 Å². The van der Waals surface area contributed by atoms with E-state index in [-0.39, 0.29) is 5.91 Å². The van der Waals surface area contributed by atoms with Crippen LogP contribution in [-0.2, 0) is 22.6 Å². The Morgan fingerprint density at radius 3 is 2.84 bits per heavy atom. The third-order valence-corrected chi connectivity index (χ3v) is 4.06. The van der Waals surface area contributed by atoms with Gasteiger partial charge in [0, 0.05) is 25.4 Å². The van der Waals surface area contributed by atoms with Gasteiger partial charge in [-0.15, -0.1) is 0 Å². The van der Waals surface area contributed by atoms with Crippen LogP contribution in [0.15, 0.2) is 42.5 Å². The molecule has 1 aliphatic rings. The van der Waals surface area contributed by atoms with Gasteiger partial charge in [-0.05, 0) is 24.1 Å².